The van der Waals surface area contributed by atoms with E-state index in [-0.39, 0.29) is 18.2 Å². The largest absolute Gasteiger partial charge is 0.451 e. The van der Waals surface area contributed by atoms with E-state index >= 15 is 0 Å². The first-order valence-electron chi connectivity index (χ1n) is 5.88. The molecule has 2 heterocycles. The van der Waals surface area contributed by atoms with E-state index < -0.39 is 23.3 Å². The Hall–Kier alpha value is -2.06. The molecule has 110 valence electrons. The van der Waals surface area contributed by atoms with Crippen LogP contribution in [0.2, 0.25) is 0 Å². The van der Waals surface area contributed by atoms with Crippen molar-refractivity contribution >= 4 is 17.5 Å². The van der Waals surface area contributed by atoms with Crippen molar-refractivity contribution in [2.75, 3.05) is 23.7 Å². The van der Waals surface area contributed by atoms with E-state index in [0.717, 1.165) is 0 Å². The molecule has 0 aliphatic carbocycles. The molecule has 0 bridgehead atoms. The molecular formula is C11H14F3N5O. The van der Waals surface area contributed by atoms with Gasteiger partial charge in [0.15, 0.2) is 0 Å². The molecule has 0 aromatic carbocycles. The van der Waals surface area contributed by atoms with Gasteiger partial charge >= 0.3 is 6.18 Å². The molecule has 1 amide bonds. The molecule has 1 saturated heterocycles. The molecule has 1 fully saturated rings. The summed E-state index contributed by atoms with van der Waals surface area (Å²) in [5.74, 6) is -2.00. The van der Waals surface area contributed by atoms with Crippen molar-refractivity contribution in [2.45, 2.75) is 19.5 Å². The first-order chi connectivity index (χ1) is 9.12. The lowest BCUT2D eigenvalue weighted by atomic mass is 9.89. The quantitative estimate of drug-likeness (QED) is 0.838. The summed E-state index contributed by atoms with van der Waals surface area (Å²) in [6.45, 7) is 2.26. The number of hydrogen-bond donors (Lipinski definition) is 2. The van der Waals surface area contributed by atoms with Gasteiger partial charge in [0, 0.05) is 19.2 Å². The number of hydrogen-bond acceptors (Lipinski definition) is 5. The van der Waals surface area contributed by atoms with Crippen LogP contribution < -0.4 is 16.4 Å². The Morgan fingerprint density at radius 1 is 1.45 bits per heavy atom. The van der Waals surface area contributed by atoms with E-state index in [1.54, 1.807) is 11.8 Å². The molecule has 1 aliphatic heterocycles. The number of nitrogen functional groups attached to an aromatic ring is 1. The number of primary amides is 1. The molecule has 1 atom stereocenters. The molecule has 4 N–H and O–H groups in total. The lowest BCUT2D eigenvalue weighted by Gasteiger charge is -2.22. The number of anilines is 2. The number of aromatic nitrogens is 2. The summed E-state index contributed by atoms with van der Waals surface area (Å²) >= 11 is 0. The summed E-state index contributed by atoms with van der Waals surface area (Å²) in [5, 5.41) is 0. The smallest absolute Gasteiger partial charge is 0.384 e. The lowest BCUT2D eigenvalue weighted by Crippen LogP contribution is -2.37. The summed E-state index contributed by atoms with van der Waals surface area (Å²) in [4.78, 5) is 19.5. The first-order valence-corrected chi connectivity index (χ1v) is 5.88. The van der Waals surface area contributed by atoms with Crippen LogP contribution in [0.5, 0.6) is 0 Å². The molecule has 1 unspecified atom stereocenters. The maximum absolute atomic E-state index is 12.6. The molecule has 20 heavy (non-hydrogen) atoms. The second-order valence-electron chi connectivity index (χ2n) is 5.07. The minimum Gasteiger partial charge on any atom is -0.384 e. The minimum atomic E-state index is -4.67. The average molecular weight is 289 g/mol. The third kappa shape index (κ3) is 2.61. The third-order valence-electron chi connectivity index (χ3n) is 3.38. The Morgan fingerprint density at radius 2 is 2.10 bits per heavy atom. The van der Waals surface area contributed by atoms with Gasteiger partial charge in [-0.25, -0.2) is 9.97 Å². The fourth-order valence-electron chi connectivity index (χ4n) is 2.10. The Balaban J connectivity index is 2.31. The molecular weight excluding hydrogens is 275 g/mol. The van der Waals surface area contributed by atoms with Gasteiger partial charge in [0.2, 0.25) is 11.7 Å². The van der Waals surface area contributed by atoms with Crippen molar-refractivity contribution in [2.24, 2.45) is 11.1 Å². The van der Waals surface area contributed by atoms with Gasteiger partial charge in [0.05, 0.1) is 5.41 Å². The number of carbonyl (C=O) groups excluding carboxylic acids is 1. The van der Waals surface area contributed by atoms with Crippen molar-refractivity contribution in [3.8, 4) is 0 Å². The van der Waals surface area contributed by atoms with E-state index in [2.05, 4.69) is 9.97 Å². The lowest BCUT2D eigenvalue weighted by molar-refractivity contribution is -0.144. The van der Waals surface area contributed by atoms with Crippen molar-refractivity contribution in [3.63, 3.8) is 0 Å². The van der Waals surface area contributed by atoms with Gasteiger partial charge in [-0.3, -0.25) is 4.79 Å². The van der Waals surface area contributed by atoms with Gasteiger partial charge in [-0.2, -0.15) is 13.2 Å². The van der Waals surface area contributed by atoms with Crippen LogP contribution in [0.4, 0.5) is 24.8 Å². The predicted octanol–water partition coefficient (Wildman–Crippen LogP) is 0.779. The van der Waals surface area contributed by atoms with Crippen LogP contribution in [0.25, 0.3) is 0 Å². The molecule has 1 aliphatic rings. The molecule has 9 heteroatoms. The Morgan fingerprint density at radius 3 is 2.60 bits per heavy atom. The molecule has 1 aromatic rings. The molecule has 0 radical (unpaired) electrons. The Bertz CT molecular complexity index is 547. The molecule has 6 nitrogen and oxygen atoms in total. The molecule has 1 aromatic heterocycles. The summed E-state index contributed by atoms with van der Waals surface area (Å²) in [5.41, 5.74) is 9.90. The number of alkyl halides is 3. The van der Waals surface area contributed by atoms with Crippen molar-refractivity contribution in [3.05, 3.63) is 11.9 Å². The summed E-state index contributed by atoms with van der Waals surface area (Å²) in [6.07, 6.45) is -4.22. The van der Waals surface area contributed by atoms with E-state index in [1.165, 1.54) is 6.07 Å². The van der Waals surface area contributed by atoms with Crippen LogP contribution >= 0.6 is 0 Å². The second kappa shape index (κ2) is 4.50. The summed E-state index contributed by atoms with van der Waals surface area (Å²) < 4.78 is 37.9. The zero-order valence-corrected chi connectivity index (χ0v) is 10.7. The van der Waals surface area contributed by atoms with Gasteiger partial charge in [0.25, 0.3) is 0 Å². The summed E-state index contributed by atoms with van der Waals surface area (Å²) in [7, 11) is 0. The van der Waals surface area contributed by atoms with Crippen molar-refractivity contribution in [1.29, 1.82) is 0 Å². The fraction of sp³-hybridized carbons (Fsp3) is 0.545. The van der Waals surface area contributed by atoms with Crippen LogP contribution in [-0.4, -0.2) is 29.0 Å². The summed E-state index contributed by atoms with van der Waals surface area (Å²) in [6, 6.07) is 1.25. The maximum Gasteiger partial charge on any atom is 0.451 e. The van der Waals surface area contributed by atoms with Gasteiger partial charge in [0.1, 0.15) is 11.6 Å². The number of nitrogens with zero attached hydrogens (tertiary/aromatic N) is 3. The van der Waals surface area contributed by atoms with Crippen molar-refractivity contribution in [1.82, 2.24) is 9.97 Å². The van der Waals surface area contributed by atoms with Gasteiger partial charge in [-0.1, -0.05) is 0 Å². The van der Waals surface area contributed by atoms with E-state index in [9.17, 15) is 18.0 Å². The molecule has 0 saturated carbocycles. The third-order valence-corrected chi connectivity index (χ3v) is 3.38. The van der Waals surface area contributed by atoms with Crippen LogP contribution in [0.1, 0.15) is 19.2 Å². The van der Waals surface area contributed by atoms with Gasteiger partial charge in [-0.15, -0.1) is 0 Å². The monoisotopic (exact) mass is 289 g/mol. The molecule has 0 spiro atoms. The van der Waals surface area contributed by atoms with Gasteiger partial charge in [-0.05, 0) is 13.3 Å². The SMILES string of the molecule is CC1(C(N)=O)CCN(c2cc(N)nc(C(F)(F)F)n2)C1. The standard InChI is InChI=1S/C11H14F3N5O/c1-10(8(16)20)2-3-19(5-10)7-4-6(15)17-9(18-7)11(12,13)14/h4H,2-3,5H2,1H3,(H2,16,20)(H2,15,17,18). The topological polar surface area (TPSA) is 98.1 Å². The number of rotatable bonds is 2. The number of amides is 1. The van der Waals surface area contributed by atoms with E-state index in [0.29, 0.717) is 13.0 Å². The van der Waals surface area contributed by atoms with Crippen LogP contribution in [0.15, 0.2) is 6.07 Å². The highest BCUT2D eigenvalue weighted by atomic mass is 19.4. The normalized spacial score (nSPS) is 23.1. The highest BCUT2D eigenvalue weighted by Gasteiger charge is 2.41. The number of halogens is 3. The minimum absolute atomic E-state index is 0.0507. The highest BCUT2D eigenvalue weighted by Crippen LogP contribution is 2.34. The zero-order chi connectivity index (χ0) is 15.1. The number of carbonyl (C=O) groups is 1. The van der Waals surface area contributed by atoms with Crippen LogP contribution in [0.3, 0.4) is 0 Å². The van der Waals surface area contributed by atoms with Crippen LogP contribution in [0, 0.1) is 5.41 Å². The molecule has 2 rings (SSSR count). The van der Waals surface area contributed by atoms with E-state index in [1.807, 2.05) is 0 Å². The predicted molar refractivity (Wildman–Crippen MR) is 65.6 cm³/mol. The average Bonchev–Trinajstić information content (AvgIpc) is 2.71. The second-order valence-corrected chi connectivity index (χ2v) is 5.07. The number of nitrogens with two attached hydrogens (primary N) is 2. The maximum atomic E-state index is 12.6. The fourth-order valence-corrected chi connectivity index (χ4v) is 2.10. The Labute approximate surface area is 113 Å². The Kier molecular flexibility index (Phi) is 3.23. The van der Waals surface area contributed by atoms with Crippen molar-refractivity contribution < 1.29 is 18.0 Å². The van der Waals surface area contributed by atoms with Crippen LogP contribution in [-0.2, 0) is 11.0 Å². The zero-order valence-electron chi connectivity index (χ0n) is 10.7. The first kappa shape index (κ1) is 14.4. The van der Waals surface area contributed by atoms with Gasteiger partial charge < -0.3 is 16.4 Å². The highest BCUT2D eigenvalue weighted by molar-refractivity contribution is 5.82. The van der Waals surface area contributed by atoms with E-state index in [4.69, 9.17) is 11.5 Å².